The predicted molar refractivity (Wildman–Crippen MR) is 100 cm³/mol. The molecule has 0 aromatic heterocycles. The minimum atomic E-state index is -0.173. The van der Waals surface area contributed by atoms with Gasteiger partial charge in [-0.3, -0.25) is 9.69 Å². The fourth-order valence-corrected chi connectivity index (χ4v) is 3.54. The average Bonchev–Trinajstić information content (AvgIpc) is 2.81. The second kappa shape index (κ2) is 6.89. The minimum Gasteiger partial charge on any atom is -0.508 e. The second-order valence-corrected chi connectivity index (χ2v) is 6.84. The van der Waals surface area contributed by atoms with Crippen molar-refractivity contribution in [3.63, 3.8) is 0 Å². The quantitative estimate of drug-likeness (QED) is 0.753. The fourth-order valence-electron chi connectivity index (χ4n) is 2.07. The average molecular weight is 379 g/mol. The van der Waals surface area contributed by atoms with Gasteiger partial charge >= 0.3 is 0 Å². The fraction of sp³-hybridized carbons (Fsp3) is 0.0588. The van der Waals surface area contributed by atoms with Crippen LogP contribution in [0.25, 0.3) is 6.08 Å². The molecule has 1 aliphatic heterocycles. The maximum Gasteiger partial charge on any atom is 0.266 e. The molecule has 0 unspecified atom stereocenters. The van der Waals surface area contributed by atoms with E-state index in [-0.39, 0.29) is 11.7 Å². The molecule has 1 N–H and O–H groups in total. The lowest BCUT2D eigenvalue weighted by Gasteiger charge is -2.07. The molecule has 1 heterocycles. The molecule has 3 rings (SSSR count). The monoisotopic (exact) mass is 378 g/mol. The highest BCUT2D eigenvalue weighted by molar-refractivity contribution is 8.18. The zero-order valence-corrected chi connectivity index (χ0v) is 14.9. The van der Waals surface area contributed by atoms with Gasteiger partial charge in [0.2, 0.25) is 0 Å². The number of aliphatic imine (C=N–C) groups is 1. The van der Waals surface area contributed by atoms with Crippen molar-refractivity contribution in [2.24, 2.45) is 4.99 Å². The molecular weight excluding hydrogens is 367 g/mol. The molecule has 1 saturated heterocycles. The molecule has 122 valence electrons. The molecule has 0 radical (unpaired) electrons. The Morgan fingerprint density at radius 3 is 2.38 bits per heavy atom. The minimum absolute atomic E-state index is 0.163. The van der Waals surface area contributed by atoms with Crippen LogP contribution in [0.3, 0.4) is 0 Å². The van der Waals surface area contributed by atoms with E-state index < -0.39 is 0 Å². The standard InChI is InChI=1S/C17H12Cl2N2O2S/c1-21-16(23)15(9-12-13(18)3-2-4-14(12)19)24-17(21)20-10-5-7-11(22)8-6-10/h2-9,22H,1H3/b15-9-,20-17?. The van der Waals surface area contributed by atoms with Crippen molar-refractivity contribution in [1.82, 2.24) is 4.90 Å². The van der Waals surface area contributed by atoms with Crippen molar-refractivity contribution in [1.29, 1.82) is 0 Å². The first-order valence-electron chi connectivity index (χ1n) is 6.95. The first-order valence-corrected chi connectivity index (χ1v) is 8.52. The molecule has 7 heteroatoms. The summed E-state index contributed by atoms with van der Waals surface area (Å²) in [7, 11) is 1.66. The van der Waals surface area contributed by atoms with Crippen LogP contribution in [0.2, 0.25) is 10.0 Å². The van der Waals surface area contributed by atoms with Crippen LogP contribution in [0.1, 0.15) is 5.56 Å². The Labute approximate surface area is 153 Å². The van der Waals surface area contributed by atoms with Gasteiger partial charge in [0.25, 0.3) is 5.91 Å². The van der Waals surface area contributed by atoms with E-state index in [1.54, 1.807) is 55.6 Å². The smallest absolute Gasteiger partial charge is 0.266 e. The third-order valence-corrected chi connectivity index (χ3v) is 5.07. The van der Waals surface area contributed by atoms with Crippen LogP contribution in [-0.4, -0.2) is 28.1 Å². The van der Waals surface area contributed by atoms with Gasteiger partial charge in [0.05, 0.1) is 10.6 Å². The number of hydrogen-bond donors (Lipinski definition) is 1. The lowest BCUT2D eigenvalue weighted by atomic mass is 10.2. The predicted octanol–water partition coefficient (Wildman–Crippen LogP) is 4.93. The molecule has 1 amide bonds. The van der Waals surface area contributed by atoms with E-state index in [4.69, 9.17) is 23.2 Å². The number of halogens is 2. The number of carbonyl (C=O) groups excluding carboxylic acids is 1. The molecule has 0 bridgehead atoms. The molecule has 24 heavy (non-hydrogen) atoms. The van der Waals surface area contributed by atoms with Crippen molar-refractivity contribution in [2.45, 2.75) is 0 Å². The molecule has 2 aromatic carbocycles. The molecule has 4 nitrogen and oxygen atoms in total. The Kier molecular flexibility index (Phi) is 4.85. The molecule has 0 aliphatic carbocycles. The van der Waals surface area contributed by atoms with Gasteiger partial charge in [0, 0.05) is 22.7 Å². The van der Waals surface area contributed by atoms with E-state index in [1.807, 2.05) is 0 Å². The van der Waals surface area contributed by atoms with Gasteiger partial charge in [-0.2, -0.15) is 0 Å². The lowest BCUT2D eigenvalue weighted by Crippen LogP contribution is -2.23. The van der Waals surface area contributed by atoms with Crippen molar-refractivity contribution in [2.75, 3.05) is 7.05 Å². The number of benzene rings is 2. The van der Waals surface area contributed by atoms with Crippen LogP contribution < -0.4 is 0 Å². The summed E-state index contributed by atoms with van der Waals surface area (Å²) in [5, 5.41) is 10.8. The summed E-state index contributed by atoms with van der Waals surface area (Å²) < 4.78 is 0. The van der Waals surface area contributed by atoms with Gasteiger partial charge < -0.3 is 5.11 Å². The van der Waals surface area contributed by atoms with Gasteiger partial charge in [0.15, 0.2) is 5.17 Å². The largest absolute Gasteiger partial charge is 0.508 e. The van der Waals surface area contributed by atoms with E-state index >= 15 is 0 Å². The highest BCUT2D eigenvalue weighted by atomic mass is 35.5. The van der Waals surface area contributed by atoms with Gasteiger partial charge in [-0.05, 0) is 54.2 Å². The lowest BCUT2D eigenvalue weighted by molar-refractivity contribution is -0.121. The summed E-state index contributed by atoms with van der Waals surface area (Å²) in [6, 6.07) is 11.6. The summed E-state index contributed by atoms with van der Waals surface area (Å²) in [5.41, 5.74) is 1.25. The Hall–Kier alpha value is -1.95. The Bertz CT molecular complexity index is 843. The van der Waals surface area contributed by atoms with Crippen molar-refractivity contribution in [3.8, 4) is 5.75 Å². The third kappa shape index (κ3) is 3.43. The molecule has 0 atom stereocenters. The number of amidine groups is 1. The van der Waals surface area contributed by atoms with Gasteiger partial charge in [0.1, 0.15) is 5.75 Å². The maximum atomic E-state index is 12.4. The number of rotatable bonds is 2. The Morgan fingerprint density at radius 2 is 1.75 bits per heavy atom. The van der Waals surface area contributed by atoms with E-state index in [1.165, 1.54) is 16.7 Å². The van der Waals surface area contributed by atoms with Gasteiger partial charge in [-0.1, -0.05) is 29.3 Å². The Balaban J connectivity index is 1.94. The van der Waals surface area contributed by atoms with E-state index in [2.05, 4.69) is 4.99 Å². The molecule has 2 aromatic rings. The van der Waals surface area contributed by atoms with E-state index in [9.17, 15) is 9.90 Å². The third-order valence-electron chi connectivity index (χ3n) is 3.35. The summed E-state index contributed by atoms with van der Waals surface area (Å²) in [5.74, 6) is -0.00934. The second-order valence-electron chi connectivity index (χ2n) is 5.02. The number of thioether (sulfide) groups is 1. The highest BCUT2D eigenvalue weighted by Crippen LogP contribution is 2.36. The number of carbonyl (C=O) groups is 1. The zero-order valence-electron chi connectivity index (χ0n) is 12.5. The van der Waals surface area contributed by atoms with Crippen LogP contribution in [-0.2, 0) is 4.79 Å². The summed E-state index contributed by atoms with van der Waals surface area (Å²) in [4.78, 5) is 18.8. The van der Waals surface area contributed by atoms with Gasteiger partial charge in [-0.25, -0.2) is 4.99 Å². The molecule has 0 spiro atoms. The van der Waals surface area contributed by atoms with Gasteiger partial charge in [-0.15, -0.1) is 0 Å². The van der Waals surface area contributed by atoms with Crippen molar-refractivity contribution < 1.29 is 9.90 Å². The topological polar surface area (TPSA) is 52.9 Å². The highest BCUT2D eigenvalue weighted by Gasteiger charge is 2.30. The molecular formula is C17H12Cl2N2O2S. The summed E-state index contributed by atoms with van der Waals surface area (Å²) >= 11 is 13.6. The van der Waals surface area contributed by atoms with Crippen molar-refractivity contribution in [3.05, 3.63) is 63.0 Å². The number of aromatic hydroxyl groups is 1. The number of hydrogen-bond acceptors (Lipinski definition) is 4. The van der Waals surface area contributed by atoms with E-state index in [0.717, 1.165) is 0 Å². The van der Waals surface area contributed by atoms with Crippen LogP contribution >= 0.6 is 35.0 Å². The first-order chi connectivity index (χ1) is 11.5. The number of phenols is 1. The summed E-state index contributed by atoms with van der Waals surface area (Å²) in [6.07, 6.45) is 1.67. The summed E-state index contributed by atoms with van der Waals surface area (Å²) in [6.45, 7) is 0. The van der Waals surface area contributed by atoms with Crippen LogP contribution in [0.15, 0.2) is 52.4 Å². The first kappa shape index (κ1) is 16.9. The number of phenolic OH excluding ortho intramolecular Hbond substituents is 1. The van der Waals surface area contributed by atoms with Crippen LogP contribution in [0.5, 0.6) is 5.75 Å². The van der Waals surface area contributed by atoms with Crippen molar-refractivity contribution >= 4 is 57.8 Å². The van der Waals surface area contributed by atoms with Crippen LogP contribution in [0.4, 0.5) is 5.69 Å². The number of amides is 1. The molecule has 1 fully saturated rings. The molecule has 1 aliphatic rings. The maximum absolute atomic E-state index is 12.4. The zero-order chi connectivity index (χ0) is 17.3. The normalized spacial score (nSPS) is 18.0. The SMILES string of the molecule is CN1C(=O)/C(=C/c2c(Cl)cccc2Cl)SC1=Nc1ccc(O)cc1. The van der Waals surface area contributed by atoms with E-state index in [0.29, 0.717) is 31.4 Å². The number of likely N-dealkylation sites (N-methyl/N-ethyl adjacent to an activating group) is 1. The molecule has 0 saturated carbocycles. The Morgan fingerprint density at radius 1 is 1.12 bits per heavy atom. The van der Waals surface area contributed by atoms with Crippen LogP contribution in [0, 0.1) is 0 Å². The number of nitrogens with zero attached hydrogens (tertiary/aromatic N) is 2.